The molecule has 31 heavy (non-hydrogen) atoms. The average Bonchev–Trinajstić information content (AvgIpc) is 3.25. The number of carboxylic acids is 3. The van der Waals surface area contributed by atoms with E-state index in [0.29, 0.717) is 11.3 Å². The molecule has 2 fully saturated rings. The van der Waals surface area contributed by atoms with Gasteiger partial charge >= 0.3 is 17.9 Å². The summed E-state index contributed by atoms with van der Waals surface area (Å²) in [4.78, 5) is 72.7. The monoisotopic (exact) mass is 505 g/mol. The highest BCUT2D eigenvalue weighted by molar-refractivity contribution is 8.30. The van der Waals surface area contributed by atoms with Crippen molar-refractivity contribution in [2.24, 2.45) is 0 Å². The molecular formula is C15H11N3O9S4. The minimum atomic E-state index is -1.38. The normalized spacial score (nSPS) is 20.1. The molecule has 3 heterocycles. The van der Waals surface area contributed by atoms with Crippen molar-refractivity contribution >= 4 is 91.1 Å². The zero-order valence-electron chi connectivity index (χ0n) is 15.1. The Morgan fingerprint density at radius 1 is 0.935 bits per heavy atom. The van der Waals surface area contributed by atoms with Crippen LogP contribution in [0.4, 0.5) is 0 Å². The second-order valence-corrected chi connectivity index (χ2v) is 9.58. The predicted molar refractivity (Wildman–Crippen MR) is 114 cm³/mol. The van der Waals surface area contributed by atoms with Crippen LogP contribution >= 0.6 is 47.1 Å². The molecule has 1 aromatic rings. The van der Waals surface area contributed by atoms with Gasteiger partial charge in [0.2, 0.25) is 5.91 Å². The zero-order chi connectivity index (χ0) is 23.0. The summed E-state index contributed by atoms with van der Waals surface area (Å²) in [5, 5.41) is 27.3. The van der Waals surface area contributed by atoms with E-state index >= 15 is 0 Å². The number of thiazole rings is 1. The van der Waals surface area contributed by atoms with E-state index in [1.54, 1.807) is 0 Å². The molecule has 3 rings (SSSR count). The molecule has 164 valence electrons. The van der Waals surface area contributed by atoms with Crippen molar-refractivity contribution < 1.29 is 39.3 Å². The summed E-state index contributed by atoms with van der Waals surface area (Å²) in [7, 11) is 0. The van der Waals surface area contributed by atoms with E-state index in [9.17, 15) is 33.9 Å². The summed E-state index contributed by atoms with van der Waals surface area (Å²) in [5.41, 5.74) is -0.821. The largest absolute Gasteiger partial charge is 0.480 e. The summed E-state index contributed by atoms with van der Waals surface area (Å²) in [6.07, 6.45) is 0. The molecule has 0 atom stereocenters. The molecule has 0 radical (unpaired) electrons. The standard InChI is InChI=1S/C15H11N3O9S4/c19-5-4-29-13(16(5)1-6(20)21)9-11(26)17(2-7(22)23)14(30-9)10-12(27)18(3-8(24)25)15(28)31-10/h1-4H2,(H,20,21)(H,22,23)(H,24,25). The van der Waals surface area contributed by atoms with Gasteiger partial charge in [0.05, 0.1) is 5.75 Å². The highest BCUT2D eigenvalue weighted by Crippen LogP contribution is 2.32. The van der Waals surface area contributed by atoms with Gasteiger partial charge in [-0.15, -0.1) is 11.3 Å². The number of hydrogen-bond donors (Lipinski definition) is 3. The lowest BCUT2D eigenvalue weighted by molar-refractivity contribution is -0.141. The zero-order valence-corrected chi connectivity index (χ0v) is 18.4. The Morgan fingerprint density at radius 3 is 2.10 bits per heavy atom. The van der Waals surface area contributed by atoms with Crippen LogP contribution in [0.15, 0.2) is 4.79 Å². The van der Waals surface area contributed by atoms with Crippen LogP contribution in [0, 0.1) is 0 Å². The van der Waals surface area contributed by atoms with E-state index in [4.69, 9.17) is 22.4 Å². The van der Waals surface area contributed by atoms with Crippen LogP contribution in [0.5, 0.6) is 0 Å². The fourth-order valence-corrected chi connectivity index (χ4v) is 6.43. The van der Waals surface area contributed by atoms with E-state index in [-0.39, 0.29) is 29.2 Å². The van der Waals surface area contributed by atoms with Crippen molar-refractivity contribution in [3.05, 3.63) is 19.5 Å². The Morgan fingerprint density at radius 2 is 1.52 bits per heavy atom. The summed E-state index contributed by atoms with van der Waals surface area (Å²) < 4.78 is 0.564. The fourth-order valence-electron chi connectivity index (χ4n) is 2.67. The number of thioether (sulfide) groups is 2. The quantitative estimate of drug-likeness (QED) is 0.356. The lowest BCUT2D eigenvalue weighted by Crippen LogP contribution is -2.38. The van der Waals surface area contributed by atoms with Crippen molar-refractivity contribution in [2.45, 2.75) is 6.54 Å². The minimum Gasteiger partial charge on any atom is -0.480 e. The number of amides is 2. The van der Waals surface area contributed by atoms with Crippen LogP contribution in [0.25, 0.3) is 9.93 Å². The Balaban J connectivity index is 2.29. The van der Waals surface area contributed by atoms with Gasteiger partial charge in [0.15, 0.2) is 0 Å². The molecular weight excluding hydrogens is 494 g/mol. The molecule has 0 aromatic carbocycles. The van der Waals surface area contributed by atoms with E-state index in [0.717, 1.165) is 37.9 Å². The van der Waals surface area contributed by atoms with E-state index < -0.39 is 54.9 Å². The van der Waals surface area contributed by atoms with Gasteiger partial charge < -0.3 is 15.3 Å². The van der Waals surface area contributed by atoms with Crippen LogP contribution in [0.2, 0.25) is 0 Å². The van der Waals surface area contributed by atoms with Gasteiger partial charge in [0.1, 0.15) is 43.1 Å². The van der Waals surface area contributed by atoms with Gasteiger partial charge in [-0.05, 0) is 0 Å². The van der Waals surface area contributed by atoms with E-state index in [1.807, 2.05) is 0 Å². The molecule has 1 aromatic heterocycles. The third-order valence-corrected chi connectivity index (χ3v) is 7.85. The fraction of sp³-hybridized carbons (Fsp3) is 0.267. The predicted octanol–water partition coefficient (Wildman–Crippen LogP) is -2.23. The van der Waals surface area contributed by atoms with Crippen molar-refractivity contribution in [1.82, 2.24) is 14.4 Å². The number of carbonyl (C=O) groups excluding carboxylic acids is 2. The molecule has 0 bridgehead atoms. The number of carbonyl (C=O) groups is 5. The lowest BCUT2D eigenvalue weighted by Gasteiger charge is -2.12. The van der Waals surface area contributed by atoms with Crippen molar-refractivity contribution in [1.29, 1.82) is 0 Å². The average molecular weight is 506 g/mol. The van der Waals surface area contributed by atoms with Crippen LogP contribution < -0.4 is 14.8 Å². The summed E-state index contributed by atoms with van der Waals surface area (Å²) in [5.74, 6) is -5.43. The number of carboxylic acid groups (broad SMARTS) is 3. The third-order valence-electron chi connectivity index (χ3n) is 3.88. The third kappa shape index (κ3) is 4.51. The Labute approximate surface area is 189 Å². The molecule has 0 saturated carbocycles. The molecule has 0 aliphatic carbocycles. The number of aromatic nitrogens is 1. The van der Waals surface area contributed by atoms with Gasteiger partial charge in [-0.1, -0.05) is 35.7 Å². The smallest absolute Gasteiger partial charge is 0.323 e. The molecule has 3 N–H and O–H groups in total. The van der Waals surface area contributed by atoms with Gasteiger partial charge in [-0.2, -0.15) is 0 Å². The van der Waals surface area contributed by atoms with Crippen LogP contribution in [-0.2, 0) is 30.5 Å². The Kier molecular flexibility index (Phi) is 6.54. The highest BCUT2D eigenvalue weighted by Gasteiger charge is 2.36. The van der Waals surface area contributed by atoms with E-state index in [2.05, 4.69) is 0 Å². The maximum Gasteiger partial charge on any atom is 0.323 e. The van der Waals surface area contributed by atoms with Crippen LogP contribution in [0.1, 0.15) is 0 Å². The maximum absolute atomic E-state index is 13.0. The number of hydrogen-bond acceptors (Lipinski definition) is 10. The molecule has 0 unspecified atom stereocenters. The van der Waals surface area contributed by atoms with Crippen molar-refractivity contribution in [3.8, 4) is 0 Å². The molecule has 2 amide bonds. The van der Waals surface area contributed by atoms with Crippen LogP contribution in [-0.4, -0.2) is 82.6 Å². The highest BCUT2D eigenvalue weighted by atomic mass is 32.2. The molecule has 12 nitrogen and oxygen atoms in total. The van der Waals surface area contributed by atoms with Gasteiger partial charge in [-0.3, -0.25) is 43.1 Å². The summed E-state index contributed by atoms with van der Waals surface area (Å²) in [6, 6.07) is 0. The first kappa shape index (κ1) is 23.0. The minimum absolute atomic E-state index is 0.0498. The number of thiocarbonyl (C=S) groups is 1. The van der Waals surface area contributed by atoms with Gasteiger partial charge in [0.25, 0.3) is 11.5 Å². The van der Waals surface area contributed by atoms with Gasteiger partial charge in [0, 0.05) is 0 Å². The number of nitrogens with zero attached hydrogens (tertiary/aromatic N) is 3. The lowest BCUT2D eigenvalue weighted by atomic mass is 10.4. The first-order chi connectivity index (χ1) is 14.5. The van der Waals surface area contributed by atoms with E-state index in [1.165, 1.54) is 0 Å². The molecule has 2 aliphatic heterocycles. The maximum atomic E-state index is 13.0. The number of aliphatic carboxylic acids is 3. The molecule has 16 heteroatoms. The molecule has 2 aliphatic rings. The molecule has 2 saturated heterocycles. The number of rotatable bonds is 6. The van der Waals surface area contributed by atoms with Crippen molar-refractivity contribution in [2.75, 3.05) is 18.8 Å². The second-order valence-electron chi connectivity index (χ2n) is 5.97. The topological polar surface area (TPSA) is 175 Å². The first-order valence-electron chi connectivity index (χ1n) is 8.11. The van der Waals surface area contributed by atoms with Crippen molar-refractivity contribution in [3.63, 3.8) is 0 Å². The first-order valence-corrected chi connectivity index (χ1v) is 11.1. The SMILES string of the molecule is O=C(O)CN1C(=O)C(=c2sc(=C3SCC(=O)N3CC(=O)O)c(=O)n2CC(=O)O)SC1=S. The summed E-state index contributed by atoms with van der Waals surface area (Å²) >= 11 is 7.39. The Bertz CT molecular complexity index is 1230. The molecule has 0 spiro atoms. The Hall–Kier alpha value is -2.69. The summed E-state index contributed by atoms with van der Waals surface area (Å²) in [6.45, 7) is -2.20. The van der Waals surface area contributed by atoms with Crippen LogP contribution in [0.3, 0.4) is 0 Å². The van der Waals surface area contributed by atoms with Gasteiger partial charge in [-0.25, -0.2) is 0 Å². The second kappa shape index (κ2) is 8.81.